The molecule has 0 aliphatic rings. The van der Waals surface area contributed by atoms with Gasteiger partial charge in [-0.25, -0.2) is 9.37 Å². The van der Waals surface area contributed by atoms with Gasteiger partial charge in [-0.05, 0) is 37.4 Å². The smallest absolute Gasteiger partial charge is 0.195 e. The number of fused-ring (bicyclic) bond motifs is 1. The molecule has 19 heavy (non-hydrogen) atoms. The van der Waals surface area contributed by atoms with Crippen LogP contribution >= 0.6 is 0 Å². The molecule has 0 saturated carbocycles. The lowest BCUT2D eigenvalue weighted by molar-refractivity contribution is 0.398. The van der Waals surface area contributed by atoms with Crippen LogP contribution in [0.4, 0.5) is 4.39 Å². The van der Waals surface area contributed by atoms with Gasteiger partial charge in [-0.1, -0.05) is 19.8 Å². The third-order valence-electron chi connectivity index (χ3n) is 3.43. The van der Waals surface area contributed by atoms with Gasteiger partial charge in [-0.15, -0.1) is 0 Å². The summed E-state index contributed by atoms with van der Waals surface area (Å²) >= 11 is 0. The summed E-state index contributed by atoms with van der Waals surface area (Å²) in [4.78, 5) is 4.33. The van der Waals surface area contributed by atoms with Gasteiger partial charge in [-0.3, -0.25) is 0 Å². The molecule has 1 aromatic carbocycles. The fraction of sp³-hybridized carbons (Fsp3) is 0.533. The topological polar surface area (TPSA) is 52.0 Å². The Hall–Kier alpha value is -1.42. The summed E-state index contributed by atoms with van der Waals surface area (Å²) in [6.07, 6.45) is 5.22. The summed E-state index contributed by atoms with van der Waals surface area (Å²) in [6, 6.07) is 4.43. The van der Waals surface area contributed by atoms with E-state index in [0.29, 0.717) is 22.9 Å². The molecule has 104 valence electrons. The van der Waals surface area contributed by atoms with Gasteiger partial charge in [0.1, 0.15) is 11.3 Å². The number of hydrogen-bond acceptors (Lipinski definition) is 3. The number of oxazole rings is 1. The predicted octanol–water partition coefficient (Wildman–Crippen LogP) is 3.66. The molecule has 1 atom stereocenters. The van der Waals surface area contributed by atoms with Crippen molar-refractivity contribution in [2.24, 2.45) is 11.7 Å². The van der Waals surface area contributed by atoms with E-state index in [4.69, 9.17) is 10.2 Å². The van der Waals surface area contributed by atoms with Gasteiger partial charge in [-0.2, -0.15) is 0 Å². The summed E-state index contributed by atoms with van der Waals surface area (Å²) in [5.74, 6) is 1.04. The Morgan fingerprint density at radius 3 is 2.89 bits per heavy atom. The Kier molecular flexibility index (Phi) is 4.91. The van der Waals surface area contributed by atoms with Crippen LogP contribution in [0.5, 0.6) is 0 Å². The van der Waals surface area contributed by atoms with Crippen LogP contribution in [-0.2, 0) is 6.42 Å². The van der Waals surface area contributed by atoms with E-state index in [1.54, 1.807) is 6.07 Å². The van der Waals surface area contributed by atoms with E-state index < -0.39 is 0 Å². The van der Waals surface area contributed by atoms with E-state index in [1.807, 2.05) is 0 Å². The highest BCUT2D eigenvalue weighted by molar-refractivity contribution is 5.72. The molecule has 4 heteroatoms. The van der Waals surface area contributed by atoms with Crippen LogP contribution in [0.15, 0.2) is 22.6 Å². The lowest BCUT2D eigenvalue weighted by Crippen LogP contribution is -2.09. The Labute approximate surface area is 113 Å². The molecule has 0 fully saturated rings. The third-order valence-corrected chi connectivity index (χ3v) is 3.43. The first kappa shape index (κ1) is 14.0. The zero-order chi connectivity index (χ0) is 13.7. The minimum Gasteiger partial charge on any atom is -0.441 e. The van der Waals surface area contributed by atoms with Gasteiger partial charge in [0, 0.05) is 12.5 Å². The highest BCUT2D eigenvalue weighted by Crippen LogP contribution is 2.21. The molecule has 1 unspecified atom stereocenters. The van der Waals surface area contributed by atoms with Crippen LogP contribution in [-0.4, -0.2) is 11.5 Å². The molecule has 0 amide bonds. The highest BCUT2D eigenvalue weighted by Gasteiger charge is 2.11. The van der Waals surface area contributed by atoms with Crippen molar-refractivity contribution in [1.29, 1.82) is 0 Å². The minimum absolute atomic E-state index is 0.278. The Balaban J connectivity index is 2.00. The molecule has 0 spiro atoms. The Morgan fingerprint density at radius 1 is 1.32 bits per heavy atom. The van der Waals surface area contributed by atoms with Crippen LogP contribution in [0.1, 0.15) is 38.5 Å². The lowest BCUT2D eigenvalue weighted by Gasteiger charge is -2.13. The number of aromatic nitrogens is 1. The fourth-order valence-corrected chi connectivity index (χ4v) is 2.46. The van der Waals surface area contributed by atoms with Crippen molar-refractivity contribution in [2.75, 3.05) is 6.54 Å². The van der Waals surface area contributed by atoms with Crippen molar-refractivity contribution in [3.05, 3.63) is 29.9 Å². The molecule has 0 saturated heterocycles. The van der Waals surface area contributed by atoms with Gasteiger partial charge in [0.2, 0.25) is 0 Å². The van der Waals surface area contributed by atoms with E-state index in [0.717, 1.165) is 25.8 Å². The quantitative estimate of drug-likeness (QED) is 0.830. The molecule has 0 bridgehead atoms. The lowest BCUT2D eigenvalue weighted by atomic mass is 9.94. The first-order chi connectivity index (χ1) is 9.22. The highest BCUT2D eigenvalue weighted by atomic mass is 19.1. The average molecular weight is 264 g/mol. The number of nitrogens with zero attached hydrogens (tertiary/aromatic N) is 1. The minimum atomic E-state index is -0.278. The van der Waals surface area contributed by atoms with Crippen molar-refractivity contribution in [2.45, 2.75) is 39.0 Å². The van der Waals surface area contributed by atoms with Gasteiger partial charge in [0.25, 0.3) is 0 Å². The van der Waals surface area contributed by atoms with Crippen molar-refractivity contribution in [1.82, 2.24) is 4.98 Å². The van der Waals surface area contributed by atoms with Crippen LogP contribution in [0.25, 0.3) is 11.1 Å². The molecule has 3 nitrogen and oxygen atoms in total. The maximum Gasteiger partial charge on any atom is 0.195 e. The van der Waals surface area contributed by atoms with Crippen molar-refractivity contribution in [3.63, 3.8) is 0 Å². The Bertz CT molecular complexity index is 518. The zero-order valence-electron chi connectivity index (χ0n) is 11.4. The van der Waals surface area contributed by atoms with Crippen molar-refractivity contribution in [3.8, 4) is 0 Å². The molecule has 2 N–H and O–H groups in total. The van der Waals surface area contributed by atoms with Gasteiger partial charge in [0.15, 0.2) is 11.5 Å². The first-order valence-corrected chi connectivity index (χ1v) is 6.98. The molecule has 1 heterocycles. The first-order valence-electron chi connectivity index (χ1n) is 6.98. The van der Waals surface area contributed by atoms with Crippen LogP contribution < -0.4 is 5.73 Å². The molecule has 2 rings (SSSR count). The molecule has 0 aliphatic heterocycles. The molecule has 0 radical (unpaired) electrons. The van der Waals surface area contributed by atoms with Crippen molar-refractivity contribution < 1.29 is 8.81 Å². The maximum atomic E-state index is 13.1. The van der Waals surface area contributed by atoms with E-state index in [1.165, 1.54) is 25.0 Å². The third kappa shape index (κ3) is 3.77. The largest absolute Gasteiger partial charge is 0.441 e. The summed E-state index contributed by atoms with van der Waals surface area (Å²) < 4.78 is 18.7. The van der Waals surface area contributed by atoms with E-state index in [-0.39, 0.29) is 5.82 Å². The van der Waals surface area contributed by atoms with Crippen LogP contribution in [0.3, 0.4) is 0 Å². The number of aryl methyl sites for hydroxylation is 1. The fourth-order valence-electron chi connectivity index (χ4n) is 2.46. The van der Waals surface area contributed by atoms with Gasteiger partial charge < -0.3 is 10.2 Å². The number of benzene rings is 1. The molecule has 1 aromatic heterocycles. The number of nitrogens with two attached hydrogens (primary N) is 1. The van der Waals surface area contributed by atoms with E-state index in [9.17, 15) is 4.39 Å². The summed E-state index contributed by atoms with van der Waals surface area (Å²) in [6.45, 7) is 2.91. The molecule has 0 aliphatic carbocycles. The van der Waals surface area contributed by atoms with E-state index in [2.05, 4.69) is 11.9 Å². The summed E-state index contributed by atoms with van der Waals surface area (Å²) in [7, 11) is 0. The molecular weight excluding hydrogens is 243 g/mol. The second-order valence-corrected chi connectivity index (χ2v) is 4.99. The SMILES string of the molecule is CCCC(CCN)CCc1nc2cc(F)ccc2o1. The molecular formula is C15H21FN2O. The average Bonchev–Trinajstić information content (AvgIpc) is 2.78. The van der Waals surface area contributed by atoms with Gasteiger partial charge >= 0.3 is 0 Å². The summed E-state index contributed by atoms with van der Waals surface area (Å²) in [5, 5.41) is 0. The van der Waals surface area contributed by atoms with E-state index >= 15 is 0 Å². The van der Waals surface area contributed by atoms with Gasteiger partial charge in [0.05, 0.1) is 0 Å². The number of hydrogen-bond donors (Lipinski definition) is 1. The second kappa shape index (κ2) is 6.66. The number of rotatable bonds is 7. The van der Waals surface area contributed by atoms with Crippen LogP contribution in [0, 0.1) is 11.7 Å². The normalized spacial score (nSPS) is 13.0. The summed E-state index contributed by atoms with van der Waals surface area (Å²) in [5.41, 5.74) is 6.88. The monoisotopic (exact) mass is 264 g/mol. The molecule has 2 aromatic rings. The second-order valence-electron chi connectivity index (χ2n) is 4.99. The standard InChI is InChI=1S/C15H21FN2O/c1-2-3-11(8-9-17)4-7-15-18-13-10-12(16)5-6-14(13)19-15/h5-6,10-11H,2-4,7-9,17H2,1H3. The van der Waals surface area contributed by atoms with Crippen molar-refractivity contribution >= 4 is 11.1 Å². The predicted molar refractivity (Wildman–Crippen MR) is 74.4 cm³/mol. The maximum absolute atomic E-state index is 13.1. The van der Waals surface area contributed by atoms with Crippen LogP contribution in [0.2, 0.25) is 0 Å². The Morgan fingerprint density at radius 2 is 2.16 bits per heavy atom. The zero-order valence-corrected chi connectivity index (χ0v) is 11.4. The number of halogens is 1.